The highest BCUT2D eigenvalue weighted by Gasteiger charge is 2.27. The highest BCUT2D eigenvalue weighted by atomic mass is 32.2. The van der Waals surface area contributed by atoms with Crippen molar-refractivity contribution >= 4 is 15.9 Å². The van der Waals surface area contributed by atoms with E-state index in [2.05, 4.69) is 4.72 Å². The normalized spacial score (nSPS) is 19.9. The largest absolute Gasteiger partial charge is 0.344 e. The van der Waals surface area contributed by atoms with Gasteiger partial charge in [-0.2, -0.15) is 0 Å². The predicted octanol–water partition coefficient (Wildman–Crippen LogP) is 1.00. The summed E-state index contributed by atoms with van der Waals surface area (Å²) < 4.78 is 53.4. The number of hydrogen-bond donors (Lipinski definition) is 1. The van der Waals surface area contributed by atoms with Gasteiger partial charge in [-0.25, -0.2) is 21.9 Å². The van der Waals surface area contributed by atoms with E-state index in [9.17, 15) is 22.0 Å². The molecule has 1 aliphatic rings. The molecule has 21 heavy (non-hydrogen) atoms. The van der Waals surface area contributed by atoms with Crippen molar-refractivity contribution in [2.75, 3.05) is 13.6 Å². The Labute approximate surface area is 122 Å². The molecule has 116 valence electrons. The van der Waals surface area contributed by atoms with E-state index >= 15 is 0 Å². The fraction of sp³-hybridized carbons (Fsp3) is 0.462. The van der Waals surface area contributed by atoms with Crippen LogP contribution in [0.2, 0.25) is 0 Å². The third kappa shape index (κ3) is 3.98. The number of likely N-dealkylation sites (N-methyl/N-ethyl adjacent to an activating group) is 1. The second-order valence-electron chi connectivity index (χ2n) is 5.09. The number of rotatable bonds is 4. The minimum Gasteiger partial charge on any atom is -0.344 e. The molecule has 1 aromatic carbocycles. The molecule has 0 unspecified atom stereocenters. The molecule has 0 aromatic heterocycles. The molecule has 1 heterocycles. The summed E-state index contributed by atoms with van der Waals surface area (Å²) in [4.78, 5) is 12.8. The Morgan fingerprint density at radius 3 is 2.52 bits per heavy atom. The molecule has 0 spiro atoms. The topological polar surface area (TPSA) is 66.5 Å². The number of piperidine rings is 1. The Morgan fingerprint density at radius 1 is 1.33 bits per heavy atom. The number of hydrogen-bond acceptors (Lipinski definition) is 3. The lowest BCUT2D eigenvalue weighted by Crippen LogP contribution is -2.48. The molecule has 5 nitrogen and oxygen atoms in total. The molecular weight excluding hydrogens is 302 g/mol. The number of carbonyl (C=O) groups is 1. The molecule has 0 aliphatic carbocycles. The van der Waals surface area contributed by atoms with Gasteiger partial charge >= 0.3 is 0 Å². The zero-order valence-corrected chi connectivity index (χ0v) is 12.3. The Hall–Kier alpha value is -1.54. The first-order valence-corrected chi connectivity index (χ1v) is 8.10. The number of nitrogens with zero attached hydrogens (tertiary/aromatic N) is 1. The van der Waals surface area contributed by atoms with E-state index in [4.69, 9.17) is 0 Å². The lowest BCUT2D eigenvalue weighted by molar-refractivity contribution is -0.132. The molecule has 1 N–H and O–H groups in total. The summed E-state index contributed by atoms with van der Waals surface area (Å²) in [5.74, 6) is -2.60. The quantitative estimate of drug-likeness (QED) is 0.901. The Balaban J connectivity index is 2.07. The number of sulfonamides is 1. The van der Waals surface area contributed by atoms with Gasteiger partial charge in [0, 0.05) is 31.6 Å². The van der Waals surface area contributed by atoms with Crippen molar-refractivity contribution in [2.45, 2.75) is 24.6 Å². The van der Waals surface area contributed by atoms with Gasteiger partial charge in [0.25, 0.3) is 0 Å². The smallest absolute Gasteiger partial charge is 0.222 e. The molecule has 1 saturated heterocycles. The number of benzene rings is 1. The number of nitrogens with one attached hydrogen (secondary N) is 1. The van der Waals surface area contributed by atoms with Crippen molar-refractivity contribution in [3.63, 3.8) is 0 Å². The van der Waals surface area contributed by atoms with E-state index in [0.29, 0.717) is 6.42 Å². The van der Waals surface area contributed by atoms with Gasteiger partial charge in [-0.3, -0.25) is 4.79 Å². The lowest BCUT2D eigenvalue weighted by atomic mass is 10.1. The maximum absolute atomic E-state index is 13.5. The maximum Gasteiger partial charge on any atom is 0.222 e. The average molecular weight is 318 g/mol. The fourth-order valence-corrected chi connectivity index (χ4v) is 3.70. The van der Waals surface area contributed by atoms with E-state index < -0.39 is 39.0 Å². The van der Waals surface area contributed by atoms with Gasteiger partial charge in [-0.1, -0.05) is 6.07 Å². The molecule has 1 fully saturated rings. The highest BCUT2D eigenvalue weighted by molar-refractivity contribution is 7.88. The van der Waals surface area contributed by atoms with Crippen LogP contribution in [0.3, 0.4) is 0 Å². The molecule has 0 saturated carbocycles. The molecule has 0 bridgehead atoms. The minimum atomic E-state index is -3.89. The van der Waals surface area contributed by atoms with Crippen LogP contribution in [0.5, 0.6) is 0 Å². The Kier molecular flexibility index (Phi) is 4.58. The van der Waals surface area contributed by atoms with Gasteiger partial charge in [-0.15, -0.1) is 0 Å². The van der Waals surface area contributed by atoms with Crippen LogP contribution >= 0.6 is 0 Å². The Morgan fingerprint density at radius 2 is 1.95 bits per heavy atom. The van der Waals surface area contributed by atoms with E-state index in [0.717, 1.165) is 12.1 Å². The second-order valence-corrected chi connectivity index (χ2v) is 6.84. The molecule has 1 amide bonds. The second kappa shape index (κ2) is 6.07. The SMILES string of the molecule is CN1C[C@@H](NS(=O)(=O)Cc2c(F)cccc2F)CCC1=O. The summed E-state index contributed by atoms with van der Waals surface area (Å²) in [7, 11) is -2.31. The summed E-state index contributed by atoms with van der Waals surface area (Å²) in [5, 5.41) is 0. The predicted molar refractivity (Wildman–Crippen MR) is 72.8 cm³/mol. The van der Waals surface area contributed by atoms with Gasteiger partial charge < -0.3 is 4.90 Å². The monoisotopic (exact) mass is 318 g/mol. The van der Waals surface area contributed by atoms with Crippen molar-refractivity contribution in [1.82, 2.24) is 9.62 Å². The van der Waals surface area contributed by atoms with Gasteiger partial charge in [-0.05, 0) is 18.6 Å². The van der Waals surface area contributed by atoms with Gasteiger partial charge in [0.2, 0.25) is 15.9 Å². The third-order valence-corrected chi connectivity index (χ3v) is 4.73. The molecule has 2 rings (SSSR count). The number of likely N-dealkylation sites (tertiary alicyclic amines) is 1. The zero-order chi connectivity index (χ0) is 15.6. The lowest BCUT2D eigenvalue weighted by Gasteiger charge is -2.29. The first kappa shape index (κ1) is 15.8. The van der Waals surface area contributed by atoms with E-state index in [1.165, 1.54) is 11.0 Å². The van der Waals surface area contributed by atoms with Crippen LogP contribution < -0.4 is 4.72 Å². The van der Waals surface area contributed by atoms with Crippen LogP contribution in [0.1, 0.15) is 18.4 Å². The van der Waals surface area contributed by atoms with E-state index in [1.54, 1.807) is 7.05 Å². The molecule has 1 aliphatic heterocycles. The average Bonchev–Trinajstić information content (AvgIpc) is 2.38. The number of amides is 1. The van der Waals surface area contributed by atoms with Gasteiger partial charge in [0.05, 0.1) is 5.75 Å². The van der Waals surface area contributed by atoms with Crippen LogP contribution in [0.15, 0.2) is 18.2 Å². The summed E-state index contributed by atoms with van der Waals surface area (Å²) in [6.45, 7) is 0.248. The number of carbonyl (C=O) groups excluding carboxylic acids is 1. The standard InChI is InChI=1S/C13H16F2N2O3S/c1-17-7-9(5-6-13(17)18)16-21(19,20)8-10-11(14)3-2-4-12(10)15/h2-4,9,16H,5-8H2,1H3/t9-/m0/s1. The molecule has 1 aromatic rings. The number of halogens is 2. The Bertz CT molecular complexity index is 629. The van der Waals surface area contributed by atoms with Crippen LogP contribution in [0.4, 0.5) is 8.78 Å². The van der Waals surface area contributed by atoms with Crippen molar-refractivity contribution in [2.24, 2.45) is 0 Å². The fourth-order valence-electron chi connectivity index (χ4n) is 2.26. The van der Waals surface area contributed by atoms with Crippen molar-refractivity contribution in [1.29, 1.82) is 0 Å². The first-order chi connectivity index (χ1) is 9.78. The molecular formula is C13H16F2N2O3S. The van der Waals surface area contributed by atoms with Crippen LogP contribution in [0, 0.1) is 11.6 Å². The summed E-state index contributed by atoms with van der Waals surface area (Å²) in [6.07, 6.45) is 0.625. The maximum atomic E-state index is 13.5. The zero-order valence-electron chi connectivity index (χ0n) is 11.5. The van der Waals surface area contributed by atoms with Crippen LogP contribution in [0.25, 0.3) is 0 Å². The van der Waals surface area contributed by atoms with Crippen LogP contribution in [-0.4, -0.2) is 38.9 Å². The van der Waals surface area contributed by atoms with E-state index in [1.807, 2.05) is 0 Å². The molecule has 8 heteroatoms. The summed E-state index contributed by atoms with van der Waals surface area (Å²) in [5.41, 5.74) is -0.481. The van der Waals surface area contributed by atoms with Crippen molar-refractivity contribution in [3.05, 3.63) is 35.4 Å². The summed E-state index contributed by atoms with van der Waals surface area (Å²) >= 11 is 0. The minimum absolute atomic E-state index is 0.0504. The van der Waals surface area contributed by atoms with Crippen molar-refractivity contribution < 1.29 is 22.0 Å². The third-order valence-electron chi connectivity index (χ3n) is 3.37. The summed E-state index contributed by atoms with van der Waals surface area (Å²) in [6, 6.07) is 2.77. The van der Waals surface area contributed by atoms with Crippen LogP contribution in [-0.2, 0) is 20.6 Å². The highest BCUT2D eigenvalue weighted by Crippen LogP contribution is 2.16. The van der Waals surface area contributed by atoms with Gasteiger partial charge in [0.15, 0.2) is 0 Å². The van der Waals surface area contributed by atoms with Gasteiger partial charge in [0.1, 0.15) is 11.6 Å². The van der Waals surface area contributed by atoms with Crippen molar-refractivity contribution in [3.8, 4) is 0 Å². The molecule has 1 atom stereocenters. The first-order valence-electron chi connectivity index (χ1n) is 6.45. The van der Waals surface area contributed by atoms with E-state index in [-0.39, 0.29) is 18.9 Å². The molecule has 0 radical (unpaired) electrons.